The van der Waals surface area contributed by atoms with Crippen LogP contribution in [-0.4, -0.2) is 39.3 Å². The molecule has 9 heteroatoms. The number of imidazole rings is 1. The Labute approximate surface area is 181 Å². The number of aromatic amines is 1. The zero-order chi connectivity index (χ0) is 22.5. The summed E-state index contributed by atoms with van der Waals surface area (Å²) in [5.41, 5.74) is 1.28. The number of anilines is 1. The number of benzene rings is 2. The zero-order valence-corrected chi connectivity index (χ0v) is 17.0. The summed E-state index contributed by atoms with van der Waals surface area (Å²) in [6.45, 7) is 0.493. The van der Waals surface area contributed by atoms with E-state index in [0.717, 1.165) is 29.0 Å². The first-order chi connectivity index (χ1) is 15.3. The van der Waals surface area contributed by atoms with E-state index in [2.05, 4.69) is 15.3 Å². The third-order valence-electron chi connectivity index (χ3n) is 6.18. The summed E-state index contributed by atoms with van der Waals surface area (Å²) in [6.07, 6.45) is -2.51. The predicted octanol–water partition coefficient (Wildman–Crippen LogP) is 4.31. The van der Waals surface area contributed by atoms with E-state index in [1.165, 1.54) is 12.1 Å². The molecule has 5 rings (SSSR count). The minimum atomic E-state index is -4.43. The minimum Gasteiger partial charge on any atom is -0.342 e. The van der Waals surface area contributed by atoms with Crippen LogP contribution in [0.3, 0.4) is 0 Å². The average molecular weight is 442 g/mol. The number of halogens is 3. The second kappa shape index (κ2) is 7.65. The molecule has 2 heterocycles. The largest absolute Gasteiger partial charge is 0.416 e. The fourth-order valence-corrected chi connectivity index (χ4v) is 4.40. The number of rotatable bonds is 4. The third kappa shape index (κ3) is 3.83. The number of H-pyrrole nitrogens is 1. The summed E-state index contributed by atoms with van der Waals surface area (Å²) in [4.78, 5) is 35.3. The summed E-state index contributed by atoms with van der Waals surface area (Å²) in [5.74, 6) is 0.135. The summed E-state index contributed by atoms with van der Waals surface area (Å²) in [6, 6.07) is 11.4. The Hall–Kier alpha value is -3.36. The molecule has 3 atom stereocenters. The maximum Gasteiger partial charge on any atom is 0.416 e. The fraction of sp³-hybridized carbons (Fsp3) is 0.348. The lowest BCUT2D eigenvalue weighted by Crippen LogP contribution is -2.44. The summed E-state index contributed by atoms with van der Waals surface area (Å²) in [5, 5.41) is 2.65. The molecular weight excluding hydrogens is 421 g/mol. The Kier molecular flexibility index (Phi) is 4.91. The van der Waals surface area contributed by atoms with Crippen molar-refractivity contribution in [1.29, 1.82) is 0 Å². The van der Waals surface area contributed by atoms with Crippen LogP contribution in [0.4, 0.5) is 18.9 Å². The molecule has 0 bridgehead atoms. The number of amides is 2. The highest BCUT2D eigenvalue weighted by Gasteiger charge is 2.50. The monoisotopic (exact) mass is 442 g/mol. The molecular formula is C23H21F3N4O2. The van der Waals surface area contributed by atoms with E-state index in [0.29, 0.717) is 25.8 Å². The highest BCUT2D eigenvalue weighted by molar-refractivity contribution is 5.98. The quantitative estimate of drug-likeness (QED) is 0.632. The van der Waals surface area contributed by atoms with Crippen molar-refractivity contribution in [3.63, 3.8) is 0 Å². The molecule has 32 heavy (non-hydrogen) atoms. The van der Waals surface area contributed by atoms with Crippen LogP contribution >= 0.6 is 0 Å². The van der Waals surface area contributed by atoms with E-state index in [4.69, 9.17) is 0 Å². The number of nitrogens with zero attached hydrogens (tertiary/aromatic N) is 2. The summed E-state index contributed by atoms with van der Waals surface area (Å²) < 4.78 is 38.2. The van der Waals surface area contributed by atoms with Crippen molar-refractivity contribution in [3.8, 4) is 0 Å². The van der Waals surface area contributed by atoms with Gasteiger partial charge in [0, 0.05) is 24.1 Å². The normalized spacial score (nSPS) is 22.8. The van der Waals surface area contributed by atoms with Crippen molar-refractivity contribution in [3.05, 3.63) is 59.9 Å². The highest BCUT2D eigenvalue weighted by atomic mass is 19.4. The van der Waals surface area contributed by atoms with Crippen molar-refractivity contribution in [2.24, 2.45) is 5.92 Å². The van der Waals surface area contributed by atoms with Crippen LogP contribution in [0.5, 0.6) is 0 Å². The maximum atomic E-state index is 13.1. The highest BCUT2D eigenvalue weighted by Crippen LogP contribution is 2.48. The van der Waals surface area contributed by atoms with E-state index in [1.54, 1.807) is 4.90 Å². The standard InChI is InChI=1S/C23H21F3N4O2/c24-23(25,26)13-7-9-14(10-8-13)27-21(31)19-6-3-11-30(19)22(32)16-12-15(16)20-28-17-4-1-2-5-18(17)29-20/h1-2,4-5,7-10,15-16,19H,3,6,11-12H2,(H,27,31)(H,28,29). The van der Waals surface area contributed by atoms with Crippen LogP contribution in [0.15, 0.2) is 48.5 Å². The zero-order valence-electron chi connectivity index (χ0n) is 17.0. The summed E-state index contributed by atoms with van der Waals surface area (Å²) >= 11 is 0. The van der Waals surface area contributed by atoms with Crippen LogP contribution in [0.25, 0.3) is 11.0 Å². The molecule has 0 radical (unpaired) electrons. The van der Waals surface area contributed by atoms with Crippen LogP contribution < -0.4 is 5.32 Å². The first kappa shape index (κ1) is 20.5. The Morgan fingerprint density at radius 3 is 2.56 bits per heavy atom. The number of aromatic nitrogens is 2. The molecule has 1 saturated heterocycles. The van der Waals surface area contributed by atoms with Crippen molar-refractivity contribution >= 4 is 28.5 Å². The molecule has 1 aromatic heterocycles. The lowest BCUT2D eigenvalue weighted by molar-refractivity contribution is -0.138. The fourth-order valence-electron chi connectivity index (χ4n) is 4.40. The van der Waals surface area contributed by atoms with Gasteiger partial charge >= 0.3 is 6.18 Å². The van der Waals surface area contributed by atoms with E-state index in [-0.39, 0.29) is 29.3 Å². The number of nitrogens with one attached hydrogen (secondary N) is 2. The third-order valence-corrected chi connectivity index (χ3v) is 6.18. The van der Waals surface area contributed by atoms with Gasteiger partial charge in [0.1, 0.15) is 11.9 Å². The number of para-hydroxylation sites is 2. The Bertz CT molecular complexity index is 1140. The number of carbonyl (C=O) groups excluding carboxylic acids is 2. The van der Waals surface area contributed by atoms with Gasteiger partial charge in [-0.25, -0.2) is 4.98 Å². The van der Waals surface area contributed by atoms with Crippen LogP contribution in [-0.2, 0) is 15.8 Å². The molecule has 6 nitrogen and oxygen atoms in total. The topological polar surface area (TPSA) is 78.1 Å². The second-order valence-electron chi connectivity index (χ2n) is 8.34. The van der Waals surface area contributed by atoms with Gasteiger partial charge in [0.05, 0.1) is 16.6 Å². The van der Waals surface area contributed by atoms with Crippen LogP contribution in [0.2, 0.25) is 0 Å². The van der Waals surface area contributed by atoms with E-state index >= 15 is 0 Å². The average Bonchev–Trinajstić information content (AvgIpc) is 3.20. The van der Waals surface area contributed by atoms with Gasteiger partial charge in [-0.15, -0.1) is 0 Å². The molecule has 2 aliphatic rings. The maximum absolute atomic E-state index is 13.1. The second-order valence-corrected chi connectivity index (χ2v) is 8.34. The number of hydrogen-bond donors (Lipinski definition) is 2. The van der Waals surface area contributed by atoms with Gasteiger partial charge < -0.3 is 15.2 Å². The predicted molar refractivity (Wildman–Crippen MR) is 112 cm³/mol. The number of carbonyl (C=O) groups is 2. The molecule has 2 fully saturated rings. The van der Waals surface area contributed by atoms with E-state index in [1.807, 2.05) is 24.3 Å². The molecule has 1 aliphatic heterocycles. The molecule has 2 aromatic carbocycles. The van der Waals surface area contributed by atoms with Gasteiger partial charge in [-0.3, -0.25) is 9.59 Å². The van der Waals surface area contributed by atoms with Gasteiger partial charge in [0.15, 0.2) is 0 Å². The number of fused-ring (bicyclic) bond motifs is 1. The van der Waals surface area contributed by atoms with Gasteiger partial charge in [-0.05, 0) is 55.7 Å². The smallest absolute Gasteiger partial charge is 0.342 e. The number of likely N-dealkylation sites (tertiary alicyclic amines) is 1. The van der Waals surface area contributed by atoms with Gasteiger partial charge in [0.25, 0.3) is 0 Å². The Balaban J connectivity index is 1.24. The molecule has 1 saturated carbocycles. The van der Waals surface area contributed by atoms with Crippen molar-refractivity contribution in [1.82, 2.24) is 14.9 Å². The summed E-state index contributed by atoms with van der Waals surface area (Å²) in [7, 11) is 0. The Morgan fingerprint density at radius 1 is 1.09 bits per heavy atom. The SMILES string of the molecule is O=C(Nc1ccc(C(F)(F)F)cc1)C1CCCN1C(=O)C1CC1c1nc2ccccc2[nH]1. The van der Waals surface area contributed by atoms with E-state index < -0.39 is 17.8 Å². The molecule has 0 spiro atoms. The minimum absolute atomic E-state index is 0.00845. The first-order valence-corrected chi connectivity index (χ1v) is 10.5. The molecule has 2 N–H and O–H groups in total. The van der Waals surface area contributed by atoms with Crippen LogP contribution in [0.1, 0.15) is 36.6 Å². The first-order valence-electron chi connectivity index (χ1n) is 10.5. The lowest BCUT2D eigenvalue weighted by Gasteiger charge is -2.24. The molecule has 3 unspecified atom stereocenters. The van der Waals surface area contributed by atoms with Gasteiger partial charge in [0.2, 0.25) is 11.8 Å². The van der Waals surface area contributed by atoms with Crippen molar-refractivity contribution < 1.29 is 22.8 Å². The van der Waals surface area contributed by atoms with E-state index in [9.17, 15) is 22.8 Å². The number of hydrogen-bond acceptors (Lipinski definition) is 3. The van der Waals surface area contributed by atoms with Crippen LogP contribution in [0, 0.1) is 5.92 Å². The molecule has 166 valence electrons. The lowest BCUT2D eigenvalue weighted by atomic mass is 10.1. The Morgan fingerprint density at radius 2 is 1.84 bits per heavy atom. The van der Waals surface area contributed by atoms with Gasteiger partial charge in [-0.2, -0.15) is 13.2 Å². The molecule has 2 amide bonds. The number of alkyl halides is 3. The van der Waals surface area contributed by atoms with Crippen molar-refractivity contribution in [2.75, 3.05) is 11.9 Å². The molecule has 1 aliphatic carbocycles. The molecule has 3 aromatic rings. The van der Waals surface area contributed by atoms with Gasteiger partial charge in [-0.1, -0.05) is 12.1 Å². The van der Waals surface area contributed by atoms with Crippen molar-refractivity contribution in [2.45, 2.75) is 37.4 Å².